The van der Waals surface area contributed by atoms with Crippen LogP contribution < -0.4 is 4.74 Å². The maximum atomic E-state index is 10.8. The van der Waals surface area contributed by atoms with Gasteiger partial charge in [-0.05, 0) is 45.8 Å². The SMILES string of the molecule is COc1cc(/C=C/c2nc3cc([N+](=O)[O-])ccc3o2)cc(Br)c1O. The van der Waals surface area contributed by atoms with Crippen LogP contribution in [0.1, 0.15) is 11.5 Å². The summed E-state index contributed by atoms with van der Waals surface area (Å²) in [5.74, 6) is 0.662. The molecule has 0 atom stereocenters. The van der Waals surface area contributed by atoms with Crippen LogP contribution in [0.2, 0.25) is 0 Å². The largest absolute Gasteiger partial charge is 0.503 e. The Morgan fingerprint density at radius 2 is 2.12 bits per heavy atom. The molecule has 1 heterocycles. The van der Waals surface area contributed by atoms with Gasteiger partial charge in [-0.3, -0.25) is 10.1 Å². The van der Waals surface area contributed by atoms with Gasteiger partial charge in [-0.2, -0.15) is 0 Å². The third kappa shape index (κ3) is 3.09. The van der Waals surface area contributed by atoms with Gasteiger partial charge in [0.15, 0.2) is 17.1 Å². The Morgan fingerprint density at radius 1 is 1.33 bits per heavy atom. The Balaban J connectivity index is 1.93. The van der Waals surface area contributed by atoms with Crippen LogP contribution in [0.15, 0.2) is 39.2 Å². The predicted octanol–water partition coefficient (Wildman–Crippen LogP) is 4.38. The summed E-state index contributed by atoms with van der Waals surface area (Å²) < 4.78 is 11.1. The topological polar surface area (TPSA) is 98.6 Å². The standard InChI is InChI=1S/C16H11BrN2O5/c1-23-14-7-9(6-11(17)16(14)20)2-5-15-18-12-8-10(19(21)22)3-4-13(12)24-15/h2-8,20H,1H3/b5-2+. The van der Waals surface area contributed by atoms with Gasteiger partial charge in [0.2, 0.25) is 5.89 Å². The first-order valence-electron chi connectivity index (χ1n) is 6.77. The first-order valence-corrected chi connectivity index (χ1v) is 7.57. The lowest BCUT2D eigenvalue weighted by Gasteiger charge is -2.06. The molecule has 0 unspecified atom stereocenters. The number of nitro benzene ring substituents is 1. The van der Waals surface area contributed by atoms with Gasteiger partial charge in [0.05, 0.1) is 16.5 Å². The van der Waals surface area contributed by atoms with Crippen LogP contribution in [0.25, 0.3) is 23.3 Å². The average molecular weight is 391 g/mol. The third-order valence-corrected chi connectivity index (χ3v) is 3.89. The van der Waals surface area contributed by atoms with E-state index in [4.69, 9.17) is 9.15 Å². The molecule has 0 fully saturated rings. The second-order valence-corrected chi connectivity index (χ2v) is 5.70. The molecule has 1 N–H and O–H groups in total. The first-order chi connectivity index (χ1) is 11.5. The normalized spacial score (nSPS) is 11.2. The van der Waals surface area contributed by atoms with E-state index in [1.807, 2.05) is 0 Å². The smallest absolute Gasteiger partial charge is 0.271 e. The van der Waals surface area contributed by atoms with Crippen LogP contribution in [0.5, 0.6) is 11.5 Å². The zero-order valence-electron chi connectivity index (χ0n) is 12.4. The molecule has 7 nitrogen and oxygen atoms in total. The van der Waals surface area contributed by atoms with Gasteiger partial charge in [0, 0.05) is 18.2 Å². The molecular weight excluding hydrogens is 380 g/mol. The van der Waals surface area contributed by atoms with Crippen molar-refractivity contribution in [3.8, 4) is 11.5 Å². The van der Waals surface area contributed by atoms with Crippen molar-refractivity contribution in [1.82, 2.24) is 4.98 Å². The summed E-state index contributed by atoms with van der Waals surface area (Å²) in [5, 5.41) is 20.6. The van der Waals surface area contributed by atoms with E-state index in [1.54, 1.807) is 24.3 Å². The average Bonchev–Trinajstić information content (AvgIpc) is 2.97. The molecule has 1 aromatic heterocycles. The summed E-state index contributed by atoms with van der Waals surface area (Å²) >= 11 is 3.25. The molecule has 8 heteroatoms. The number of aromatic hydroxyl groups is 1. The lowest BCUT2D eigenvalue weighted by molar-refractivity contribution is -0.384. The lowest BCUT2D eigenvalue weighted by atomic mass is 10.2. The number of aromatic nitrogens is 1. The van der Waals surface area contributed by atoms with Gasteiger partial charge in [0.25, 0.3) is 5.69 Å². The van der Waals surface area contributed by atoms with Crippen LogP contribution in [0, 0.1) is 10.1 Å². The minimum Gasteiger partial charge on any atom is -0.503 e. The Morgan fingerprint density at radius 3 is 2.83 bits per heavy atom. The Hall–Kier alpha value is -2.87. The number of nitro groups is 1. The van der Waals surface area contributed by atoms with E-state index < -0.39 is 4.92 Å². The number of methoxy groups -OCH3 is 1. The molecule has 3 aromatic rings. The molecule has 0 saturated heterocycles. The summed E-state index contributed by atoms with van der Waals surface area (Å²) in [6.45, 7) is 0. The second-order valence-electron chi connectivity index (χ2n) is 4.85. The number of ether oxygens (including phenoxy) is 1. The first kappa shape index (κ1) is 16.0. The number of fused-ring (bicyclic) bond motifs is 1. The second kappa shape index (κ2) is 6.32. The molecule has 0 bridgehead atoms. The molecule has 0 aliphatic carbocycles. The fourth-order valence-corrected chi connectivity index (χ4v) is 2.59. The summed E-state index contributed by atoms with van der Waals surface area (Å²) in [6, 6.07) is 7.60. The van der Waals surface area contributed by atoms with E-state index in [-0.39, 0.29) is 11.4 Å². The highest BCUT2D eigenvalue weighted by Crippen LogP contribution is 2.35. The molecule has 122 valence electrons. The number of hydrogen-bond acceptors (Lipinski definition) is 6. The van der Waals surface area contributed by atoms with Crippen molar-refractivity contribution in [1.29, 1.82) is 0 Å². The Bertz CT molecular complexity index is 965. The molecule has 0 aliphatic rings. The van der Waals surface area contributed by atoms with Crippen molar-refractivity contribution in [2.24, 2.45) is 0 Å². The third-order valence-electron chi connectivity index (χ3n) is 3.29. The molecule has 2 aromatic carbocycles. The highest BCUT2D eigenvalue weighted by Gasteiger charge is 2.11. The molecule has 0 amide bonds. The highest BCUT2D eigenvalue weighted by atomic mass is 79.9. The van der Waals surface area contributed by atoms with E-state index in [1.165, 1.54) is 25.3 Å². The quantitative estimate of drug-likeness (QED) is 0.523. The van der Waals surface area contributed by atoms with Gasteiger partial charge < -0.3 is 14.3 Å². The molecule has 0 spiro atoms. The molecule has 0 saturated carbocycles. The monoisotopic (exact) mass is 390 g/mol. The molecule has 3 rings (SSSR count). The van der Waals surface area contributed by atoms with E-state index >= 15 is 0 Å². The summed E-state index contributed by atoms with van der Waals surface area (Å²) in [5.41, 5.74) is 1.58. The van der Waals surface area contributed by atoms with Crippen molar-refractivity contribution in [3.05, 3.63) is 56.4 Å². The zero-order chi connectivity index (χ0) is 17.3. The molecule has 0 radical (unpaired) electrons. The fourth-order valence-electron chi connectivity index (χ4n) is 2.13. The number of non-ortho nitro benzene ring substituents is 1. The zero-order valence-corrected chi connectivity index (χ0v) is 14.0. The van der Waals surface area contributed by atoms with Gasteiger partial charge >= 0.3 is 0 Å². The minimum atomic E-state index is -0.482. The summed E-state index contributed by atoms with van der Waals surface area (Å²) in [7, 11) is 1.46. The number of nitrogens with zero attached hydrogens (tertiary/aromatic N) is 2. The number of benzene rings is 2. The van der Waals surface area contributed by atoms with Crippen LogP contribution in [-0.4, -0.2) is 22.1 Å². The van der Waals surface area contributed by atoms with E-state index in [2.05, 4.69) is 20.9 Å². The summed E-state index contributed by atoms with van der Waals surface area (Å²) in [4.78, 5) is 14.5. The maximum Gasteiger partial charge on any atom is 0.271 e. The van der Waals surface area contributed by atoms with Crippen LogP contribution in [0.3, 0.4) is 0 Å². The van der Waals surface area contributed by atoms with Crippen LogP contribution >= 0.6 is 15.9 Å². The number of oxazole rings is 1. The highest BCUT2D eigenvalue weighted by molar-refractivity contribution is 9.10. The van der Waals surface area contributed by atoms with Crippen molar-refractivity contribution in [2.45, 2.75) is 0 Å². The van der Waals surface area contributed by atoms with Crippen molar-refractivity contribution < 1.29 is 19.2 Å². The number of hydrogen-bond donors (Lipinski definition) is 1. The van der Waals surface area contributed by atoms with Crippen molar-refractivity contribution in [3.63, 3.8) is 0 Å². The number of halogens is 1. The van der Waals surface area contributed by atoms with Gasteiger partial charge in [0.1, 0.15) is 5.52 Å². The van der Waals surface area contributed by atoms with Gasteiger partial charge in [-0.1, -0.05) is 0 Å². The van der Waals surface area contributed by atoms with Crippen LogP contribution in [-0.2, 0) is 0 Å². The van der Waals surface area contributed by atoms with E-state index in [9.17, 15) is 15.2 Å². The van der Waals surface area contributed by atoms with Crippen molar-refractivity contribution >= 4 is 44.9 Å². The summed E-state index contributed by atoms with van der Waals surface area (Å²) in [6.07, 6.45) is 3.36. The Kier molecular flexibility index (Phi) is 4.22. The predicted molar refractivity (Wildman–Crippen MR) is 92.0 cm³/mol. The number of phenolic OH excluding ortho intramolecular Hbond substituents is 1. The van der Waals surface area contributed by atoms with Gasteiger partial charge in [-0.25, -0.2) is 4.98 Å². The minimum absolute atomic E-state index is 0.0174. The van der Waals surface area contributed by atoms with Crippen molar-refractivity contribution in [2.75, 3.05) is 7.11 Å². The number of phenols is 1. The Labute approximate surface area is 144 Å². The van der Waals surface area contributed by atoms with E-state index in [0.717, 1.165) is 5.56 Å². The molecule has 0 aliphatic heterocycles. The number of rotatable bonds is 4. The lowest BCUT2D eigenvalue weighted by Crippen LogP contribution is -1.86. The van der Waals surface area contributed by atoms with Gasteiger partial charge in [-0.15, -0.1) is 0 Å². The molecule has 24 heavy (non-hydrogen) atoms. The maximum absolute atomic E-state index is 10.8. The van der Waals surface area contributed by atoms with Crippen LogP contribution in [0.4, 0.5) is 5.69 Å². The fraction of sp³-hybridized carbons (Fsp3) is 0.0625. The molecular formula is C16H11BrN2O5. The van der Waals surface area contributed by atoms with E-state index in [0.29, 0.717) is 27.2 Å².